The number of hydrogen-bond acceptors (Lipinski definition) is 5. The molecular formula is C8H12N4O. The molecule has 0 aliphatic carbocycles. The van der Waals surface area contributed by atoms with Gasteiger partial charge in [0.05, 0.1) is 12.3 Å². The van der Waals surface area contributed by atoms with Gasteiger partial charge >= 0.3 is 0 Å². The third-order valence-corrected chi connectivity index (χ3v) is 2.00. The molecule has 1 aliphatic rings. The van der Waals surface area contributed by atoms with E-state index < -0.39 is 0 Å². The number of aromatic nitrogens is 2. The number of anilines is 1. The van der Waals surface area contributed by atoms with Crippen LogP contribution in [0.25, 0.3) is 0 Å². The van der Waals surface area contributed by atoms with E-state index >= 15 is 0 Å². The summed E-state index contributed by atoms with van der Waals surface area (Å²) in [5.74, 6) is 0.719. The lowest BCUT2D eigenvalue weighted by Gasteiger charge is -2.16. The normalized spacial score (nSPS) is 23.3. The van der Waals surface area contributed by atoms with Gasteiger partial charge in [0, 0.05) is 25.5 Å². The van der Waals surface area contributed by atoms with Crippen LogP contribution in [0.4, 0.5) is 5.82 Å². The Hall–Kier alpha value is -1.20. The summed E-state index contributed by atoms with van der Waals surface area (Å²) in [5, 5.41) is 11.2. The predicted molar refractivity (Wildman–Crippen MR) is 47.9 cm³/mol. The summed E-state index contributed by atoms with van der Waals surface area (Å²) in [5.41, 5.74) is 3.07. The average molecular weight is 180 g/mol. The van der Waals surface area contributed by atoms with Gasteiger partial charge in [0.15, 0.2) is 5.82 Å². The fourth-order valence-corrected chi connectivity index (χ4v) is 1.36. The zero-order chi connectivity index (χ0) is 9.10. The van der Waals surface area contributed by atoms with Crippen LogP contribution < -0.4 is 5.43 Å². The summed E-state index contributed by atoms with van der Waals surface area (Å²) >= 11 is 0. The summed E-state index contributed by atoms with van der Waals surface area (Å²) in [6.45, 7) is 1.49. The first-order chi connectivity index (χ1) is 6.34. The number of hydrogen-bond donors (Lipinski definition) is 2. The summed E-state index contributed by atoms with van der Waals surface area (Å²) in [6, 6.07) is 0. The Morgan fingerprint density at radius 2 is 2.46 bits per heavy atom. The van der Waals surface area contributed by atoms with Gasteiger partial charge in [0.25, 0.3) is 0 Å². The van der Waals surface area contributed by atoms with E-state index in [0.717, 1.165) is 18.8 Å². The van der Waals surface area contributed by atoms with Crippen LogP contribution in [0.1, 0.15) is 6.42 Å². The van der Waals surface area contributed by atoms with Crippen LogP contribution in [0.2, 0.25) is 0 Å². The fraction of sp³-hybridized carbons (Fsp3) is 0.500. The molecule has 1 aromatic rings. The summed E-state index contributed by atoms with van der Waals surface area (Å²) in [7, 11) is 0. The molecule has 1 aliphatic heterocycles. The molecule has 5 heteroatoms. The first-order valence-electron chi connectivity index (χ1n) is 4.30. The molecule has 1 atom stereocenters. The van der Waals surface area contributed by atoms with Gasteiger partial charge in [-0.05, 0) is 6.42 Å². The van der Waals surface area contributed by atoms with E-state index in [1.807, 2.05) is 5.01 Å². The van der Waals surface area contributed by atoms with Crippen molar-refractivity contribution in [2.75, 3.05) is 18.5 Å². The molecule has 2 N–H and O–H groups in total. The largest absolute Gasteiger partial charge is 0.392 e. The van der Waals surface area contributed by atoms with Crippen molar-refractivity contribution in [2.24, 2.45) is 0 Å². The molecule has 1 unspecified atom stereocenters. The molecule has 13 heavy (non-hydrogen) atoms. The second kappa shape index (κ2) is 3.68. The Kier molecular flexibility index (Phi) is 2.37. The van der Waals surface area contributed by atoms with Gasteiger partial charge in [-0.15, -0.1) is 0 Å². The van der Waals surface area contributed by atoms with Crippen molar-refractivity contribution < 1.29 is 5.11 Å². The van der Waals surface area contributed by atoms with Crippen molar-refractivity contribution in [2.45, 2.75) is 12.5 Å². The molecule has 1 fully saturated rings. The van der Waals surface area contributed by atoms with E-state index in [-0.39, 0.29) is 6.10 Å². The number of nitrogens with zero attached hydrogens (tertiary/aromatic N) is 3. The zero-order valence-corrected chi connectivity index (χ0v) is 7.22. The maximum Gasteiger partial charge on any atom is 0.158 e. The molecule has 70 valence electrons. The Labute approximate surface area is 76.4 Å². The van der Waals surface area contributed by atoms with E-state index in [9.17, 15) is 5.11 Å². The molecule has 1 saturated heterocycles. The molecule has 0 radical (unpaired) electrons. The van der Waals surface area contributed by atoms with Crippen molar-refractivity contribution in [3.8, 4) is 0 Å². The lowest BCUT2D eigenvalue weighted by molar-refractivity contribution is 0.182. The highest BCUT2D eigenvalue weighted by molar-refractivity contribution is 5.28. The van der Waals surface area contributed by atoms with Gasteiger partial charge in [-0.1, -0.05) is 0 Å². The smallest absolute Gasteiger partial charge is 0.158 e. The number of β-amino-alcohol motifs (C(OH)–C–C–N with tert-alkyl or cyclic N) is 1. The highest BCUT2D eigenvalue weighted by atomic mass is 16.3. The molecule has 0 amide bonds. The average Bonchev–Trinajstić information content (AvgIpc) is 2.53. The lowest BCUT2D eigenvalue weighted by atomic mass is 10.3. The number of rotatable bonds is 2. The van der Waals surface area contributed by atoms with E-state index in [2.05, 4.69) is 15.4 Å². The standard InChI is InChI=1S/C8H12N4O/c13-7-1-4-12(6-7)11-8-5-9-2-3-10-8/h2-3,5,7,13H,1,4,6H2,(H,10,11). The SMILES string of the molecule is OC1CCN(Nc2cnccn2)C1. The summed E-state index contributed by atoms with van der Waals surface area (Å²) < 4.78 is 0. The van der Waals surface area contributed by atoms with Crippen molar-refractivity contribution in [1.29, 1.82) is 0 Å². The Bertz CT molecular complexity index is 266. The van der Waals surface area contributed by atoms with E-state index in [1.54, 1.807) is 18.6 Å². The third kappa shape index (κ3) is 2.13. The van der Waals surface area contributed by atoms with Gasteiger partial charge in [0.1, 0.15) is 0 Å². The molecule has 2 heterocycles. The van der Waals surface area contributed by atoms with Crippen molar-refractivity contribution in [3.63, 3.8) is 0 Å². The first-order valence-corrected chi connectivity index (χ1v) is 4.30. The van der Waals surface area contributed by atoms with Crippen LogP contribution >= 0.6 is 0 Å². The number of aliphatic hydroxyl groups excluding tert-OH is 1. The van der Waals surface area contributed by atoms with Gasteiger partial charge < -0.3 is 10.5 Å². The Balaban J connectivity index is 1.92. The van der Waals surface area contributed by atoms with Crippen LogP contribution in [-0.2, 0) is 0 Å². The minimum atomic E-state index is -0.218. The molecule has 0 spiro atoms. The van der Waals surface area contributed by atoms with Crippen LogP contribution in [0.3, 0.4) is 0 Å². The van der Waals surface area contributed by atoms with Crippen LogP contribution in [0.5, 0.6) is 0 Å². The van der Waals surface area contributed by atoms with E-state index in [4.69, 9.17) is 0 Å². The minimum absolute atomic E-state index is 0.218. The second-order valence-corrected chi connectivity index (χ2v) is 3.09. The lowest BCUT2D eigenvalue weighted by Crippen LogP contribution is -2.28. The fourth-order valence-electron chi connectivity index (χ4n) is 1.36. The summed E-state index contributed by atoms with van der Waals surface area (Å²) in [4.78, 5) is 8.00. The molecule has 5 nitrogen and oxygen atoms in total. The molecular weight excluding hydrogens is 168 g/mol. The number of aliphatic hydroxyl groups is 1. The van der Waals surface area contributed by atoms with E-state index in [0.29, 0.717) is 6.54 Å². The van der Waals surface area contributed by atoms with Gasteiger partial charge in [-0.25, -0.2) is 9.99 Å². The number of hydrazine groups is 1. The first kappa shape index (κ1) is 8.40. The van der Waals surface area contributed by atoms with Gasteiger partial charge in [0.2, 0.25) is 0 Å². The van der Waals surface area contributed by atoms with Crippen LogP contribution in [-0.4, -0.2) is 39.3 Å². The van der Waals surface area contributed by atoms with Crippen LogP contribution in [0, 0.1) is 0 Å². The van der Waals surface area contributed by atoms with Gasteiger partial charge in [-0.2, -0.15) is 0 Å². The summed E-state index contributed by atoms with van der Waals surface area (Å²) in [6.07, 6.45) is 5.51. The highest BCUT2D eigenvalue weighted by Crippen LogP contribution is 2.09. The minimum Gasteiger partial charge on any atom is -0.392 e. The van der Waals surface area contributed by atoms with Crippen molar-refractivity contribution in [1.82, 2.24) is 15.0 Å². The maximum atomic E-state index is 9.26. The predicted octanol–water partition coefficient (Wildman–Crippen LogP) is -0.130. The van der Waals surface area contributed by atoms with Crippen LogP contribution in [0.15, 0.2) is 18.6 Å². The second-order valence-electron chi connectivity index (χ2n) is 3.09. The van der Waals surface area contributed by atoms with E-state index in [1.165, 1.54) is 0 Å². The molecule has 2 rings (SSSR count). The number of nitrogens with one attached hydrogen (secondary N) is 1. The molecule has 0 saturated carbocycles. The maximum absolute atomic E-state index is 9.26. The Morgan fingerprint density at radius 1 is 1.54 bits per heavy atom. The van der Waals surface area contributed by atoms with Gasteiger partial charge in [-0.3, -0.25) is 4.98 Å². The molecule has 0 aromatic carbocycles. The molecule has 1 aromatic heterocycles. The zero-order valence-electron chi connectivity index (χ0n) is 7.22. The quantitative estimate of drug-likeness (QED) is 0.664. The topological polar surface area (TPSA) is 61.3 Å². The molecule has 0 bridgehead atoms. The Morgan fingerprint density at radius 3 is 3.08 bits per heavy atom. The third-order valence-electron chi connectivity index (χ3n) is 2.00. The van der Waals surface area contributed by atoms with Crippen molar-refractivity contribution in [3.05, 3.63) is 18.6 Å². The highest BCUT2D eigenvalue weighted by Gasteiger charge is 2.19. The van der Waals surface area contributed by atoms with Crippen molar-refractivity contribution >= 4 is 5.82 Å². The monoisotopic (exact) mass is 180 g/mol.